The number of aromatic carboxylic acids is 1. The van der Waals surface area contributed by atoms with Crippen molar-refractivity contribution in [3.63, 3.8) is 0 Å². The highest BCUT2D eigenvalue weighted by molar-refractivity contribution is 5.88. The molecular weight excluding hydrogens is 240 g/mol. The molecule has 4 nitrogen and oxygen atoms in total. The third kappa shape index (κ3) is 3.46. The maximum Gasteiger partial charge on any atom is 0.335 e. The molecule has 0 aromatic carbocycles. The van der Waals surface area contributed by atoms with Crippen molar-refractivity contribution in [3.8, 4) is 0 Å². The first-order valence-corrected chi connectivity index (χ1v) is 7.05. The maximum absolute atomic E-state index is 11.1. The Kier molecular flexibility index (Phi) is 4.40. The van der Waals surface area contributed by atoms with Gasteiger partial charge in [0.2, 0.25) is 0 Å². The van der Waals surface area contributed by atoms with E-state index in [-0.39, 0.29) is 0 Å². The van der Waals surface area contributed by atoms with Gasteiger partial charge in [0.25, 0.3) is 0 Å². The average molecular weight is 262 g/mol. The molecule has 2 rings (SSSR count). The van der Waals surface area contributed by atoms with E-state index in [2.05, 4.69) is 9.88 Å². The third-order valence-electron chi connectivity index (χ3n) is 3.87. The Balaban J connectivity index is 2.17. The summed E-state index contributed by atoms with van der Waals surface area (Å²) in [5.41, 5.74) is 1.17. The van der Waals surface area contributed by atoms with Crippen LogP contribution >= 0.6 is 0 Å². The Morgan fingerprint density at radius 2 is 2.11 bits per heavy atom. The molecule has 1 saturated carbocycles. The molecule has 1 aliphatic carbocycles. The molecule has 0 amide bonds. The van der Waals surface area contributed by atoms with Crippen molar-refractivity contribution >= 4 is 11.8 Å². The normalized spacial score (nSPS) is 15.7. The topological polar surface area (TPSA) is 53.4 Å². The fraction of sp³-hybridized carbons (Fsp3) is 0.600. The van der Waals surface area contributed by atoms with Crippen LogP contribution < -0.4 is 4.90 Å². The summed E-state index contributed by atoms with van der Waals surface area (Å²) in [6.45, 7) is 2.97. The number of nitrogens with zero attached hydrogens (tertiary/aromatic N) is 2. The monoisotopic (exact) mass is 262 g/mol. The predicted octanol–water partition coefficient (Wildman–Crippen LogP) is 2.97. The lowest BCUT2D eigenvalue weighted by atomic mass is 10.1. The number of aromatic nitrogens is 1. The lowest BCUT2D eigenvalue weighted by molar-refractivity contribution is 0.0696. The van der Waals surface area contributed by atoms with Gasteiger partial charge in [-0.1, -0.05) is 19.8 Å². The fourth-order valence-corrected chi connectivity index (χ4v) is 2.75. The SMILES string of the molecule is CCc1cc(C(=O)O)cc(N(C)CC2CCCC2)n1. The van der Waals surface area contributed by atoms with E-state index in [0.717, 1.165) is 30.4 Å². The number of hydrogen-bond donors (Lipinski definition) is 1. The molecule has 1 N–H and O–H groups in total. The van der Waals surface area contributed by atoms with Crippen LogP contribution in [0.25, 0.3) is 0 Å². The highest BCUT2D eigenvalue weighted by atomic mass is 16.4. The summed E-state index contributed by atoms with van der Waals surface area (Å²) in [6.07, 6.45) is 5.96. The number of carboxylic acids is 1. The zero-order chi connectivity index (χ0) is 13.8. The molecule has 0 radical (unpaired) electrons. The second kappa shape index (κ2) is 6.04. The molecule has 0 bridgehead atoms. The van der Waals surface area contributed by atoms with Gasteiger partial charge in [-0.05, 0) is 37.3 Å². The predicted molar refractivity (Wildman–Crippen MR) is 75.8 cm³/mol. The molecule has 1 aromatic heterocycles. The Morgan fingerprint density at radius 1 is 1.42 bits per heavy atom. The summed E-state index contributed by atoms with van der Waals surface area (Å²) in [5.74, 6) is 0.627. The van der Waals surface area contributed by atoms with Crippen molar-refractivity contribution in [3.05, 3.63) is 23.4 Å². The van der Waals surface area contributed by atoms with Gasteiger partial charge >= 0.3 is 5.97 Å². The first kappa shape index (κ1) is 13.8. The smallest absolute Gasteiger partial charge is 0.335 e. The number of rotatable bonds is 5. The number of hydrogen-bond acceptors (Lipinski definition) is 3. The first-order valence-electron chi connectivity index (χ1n) is 7.05. The van der Waals surface area contributed by atoms with Crippen molar-refractivity contribution in [1.29, 1.82) is 0 Å². The van der Waals surface area contributed by atoms with E-state index < -0.39 is 5.97 Å². The number of pyridine rings is 1. The van der Waals surface area contributed by atoms with Gasteiger partial charge in [0.1, 0.15) is 5.82 Å². The zero-order valence-electron chi connectivity index (χ0n) is 11.7. The lowest BCUT2D eigenvalue weighted by Gasteiger charge is -2.22. The van der Waals surface area contributed by atoms with Gasteiger partial charge < -0.3 is 10.0 Å². The van der Waals surface area contributed by atoms with Crippen LogP contribution in [0.3, 0.4) is 0 Å². The van der Waals surface area contributed by atoms with Crippen molar-refractivity contribution in [1.82, 2.24) is 4.98 Å². The summed E-state index contributed by atoms with van der Waals surface area (Å²) >= 11 is 0. The van der Waals surface area contributed by atoms with Crippen LogP contribution in [0, 0.1) is 5.92 Å². The lowest BCUT2D eigenvalue weighted by Crippen LogP contribution is -2.25. The first-order chi connectivity index (χ1) is 9.10. The molecule has 0 atom stereocenters. The van der Waals surface area contributed by atoms with Crippen molar-refractivity contribution in [2.45, 2.75) is 39.0 Å². The van der Waals surface area contributed by atoms with Crippen LogP contribution in [-0.2, 0) is 6.42 Å². The number of carbonyl (C=O) groups is 1. The highest BCUT2D eigenvalue weighted by Crippen LogP contribution is 2.26. The molecule has 0 aliphatic heterocycles. The number of anilines is 1. The van der Waals surface area contributed by atoms with E-state index in [9.17, 15) is 4.79 Å². The molecule has 1 heterocycles. The summed E-state index contributed by atoms with van der Waals surface area (Å²) in [7, 11) is 2.01. The van der Waals surface area contributed by atoms with Crippen LogP contribution in [0.2, 0.25) is 0 Å². The molecule has 1 aliphatic rings. The van der Waals surface area contributed by atoms with Gasteiger partial charge in [-0.15, -0.1) is 0 Å². The van der Waals surface area contributed by atoms with E-state index in [1.54, 1.807) is 12.1 Å². The maximum atomic E-state index is 11.1. The van der Waals surface area contributed by atoms with Crippen molar-refractivity contribution in [2.24, 2.45) is 5.92 Å². The second-order valence-corrected chi connectivity index (χ2v) is 5.40. The Morgan fingerprint density at radius 3 is 2.68 bits per heavy atom. The van der Waals surface area contributed by atoms with E-state index in [1.165, 1.54) is 25.7 Å². The van der Waals surface area contributed by atoms with Gasteiger partial charge in [-0.3, -0.25) is 0 Å². The molecule has 0 unspecified atom stereocenters. The van der Waals surface area contributed by atoms with Gasteiger partial charge in [0.15, 0.2) is 0 Å². The zero-order valence-corrected chi connectivity index (χ0v) is 11.7. The Labute approximate surface area is 114 Å². The van der Waals surface area contributed by atoms with E-state index in [0.29, 0.717) is 5.56 Å². The van der Waals surface area contributed by atoms with Crippen LogP contribution in [0.1, 0.15) is 48.7 Å². The van der Waals surface area contributed by atoms with E-state index >= 15 is 0 Å². The molecule has 0 saturated heterocycles. The Bertz CT molecular complexity index is 453. The van der Waals surface area contributed by atoms with Gasteiger partial charge in [-0.2, -0.15) is 0 Å². The summed E-state index contributed by atoms with van der Waals surface area (Å²) < 4.78 is 0. The minimum Gasteiger partial charge on any atom is -0.478 e. The summed E-state index contributed by atoms with van der Waals surface area (Å²) in [5, 5.41) is 9.15. The molecular formula is C15H22N2O2. The van der Waals surface area contributed by atoms with Crippen molar-refractivity contribution in [2.75, 3.05) is 18.5 Å². The van der Waals surface area contributed by atoms with Gasteiger partial charge in [-0.25, -0.2) is 9.78 Å². The van der Waals surface area contributed by atoms with Gasteiger partial charge in [0.05, 0.1) is 5.56 Å². The minimum absolute atomic E-state index is 0.333. The molecule has 104 valence electrons. The van der Waals surface area contributed by atoms with Crippen LogP contribution in [-0.4, -0.2) is 29.7 Å². The second-order valence-electron chi connectivity index (χ2n) is 5.40. The number of carboxylic acid groups (broad SMARTS) is 1. The Hall–Kier alpha value is -1.58. The van der Waals surface area contributed by atoms with Crippen LogP contribution in [0.4, 0.5) is 5.82 Å². The summed E-state index contributed by atoms with van der Waals surface area (Å²) in [4.78, 5) is 17.8. The standard InChI is InChI=1S/C15H22N2O2/c1-3-13-8-12(15(18)19)9-14(16-13)17(2)10-11-6-4-5-7-11/h8-9,11H,3-7,10H2,1-2H3,(H,18,19). The number of aryl methyl sites for hydroxylation is 1. The molecule has 19 heavy (non-hydrogen) atoms. The third-order valence-corrected chi connectivity index (χ3v) is 3.87. The van der Waals surface area contributed by atoms with Crippen molar-refractivity contribution < 1.29 is 9.90 Å². The van der Waals surface area contributed by atoms with Gasteiger partial charge in [0, 0.05) is 19.3 Å². The molecule has 4 heteroatoms. The molecule has 1 fully saturated rings. The van der Waals surface area contributed by atoms with E-state index in [4.69, 9.17) is 5.11 Å². The molecule has 0 spiro atoms. The quantitative estimate of drug-likeness (QED) is 0.886. The fourth-order valence-electron chi connectivity index (χ4n) is 2.75. The van der Waals surface area contributed by atoms with Crippen LogP contribution in [0.5, 0.6) is 0 Å². The average Bonchev–Trinajstić information content (AvgIpc) is 2.90. The van der Waals surface area contributed by atoms with E-state index in [1.807, 2.05) is 14.0 Å². The summed E-state index contributed by atoms with van der Waals surface area (Å²) in [6, 6.07) is 3.34. The molecule has 1 aromatic rings. The van der Waals surface area contributed by atoms with Crippen LogP contribution in [0.15, 0.2) is 12.1 Å². The largest absolute Gasteiger partial charge is 0.478 e. The highest BCUT2D eigenvalue weighted by Gasteiger charge is 2.18. The minimum atomic E-state index is -0.882.